The van der Waals surface area contributed by atoms with E-state index in [9.17, 15) is 0 Å². The zero-order valence-electron chi connectivity index (χ0n) is 14.1. The molecule has 0 aliphatic carbocycles. The molecular weight excluding hydrogens is 310 g/mol. The van der Waals surface area contributed by atoms with Gasteiger partial charge in [-0.15, -0.1) is 0 Å². The van der Waals surface area contributed by atoms with Crippen LogP contribution in [0.4, 0.5) is 11.6 Å². The first-order valence-electron chi connectivity index (χ1n) is 8.05. The van der Waals surface area contributed by atoms with Crippen molar-refractivity contribution in [3.8, 4) is 6.07 Å². The van der Waals surface area contributed by atoms with Gasteiger partial charge in [-0.1, -0.05) is 36.4 Å². The minimum absolute atomic E-state index is 0.551. The van der Waals surface area contributed by atoms with Crippen molar-refractivity contribution in [1.29, 1.82) is 5.26 Å². The monoisotopic (exact) mass is 329 g/mol. The number of anilines is 2. The summed E-state index contributed by atoms with van der Waals surface area (Å²) in [6, 6.07) is 19.9. The smallest absolute Gasteiger partial charge is 0.133 e. The van der Waals surface area contributed by atoms with Gasteiger partial charge in [0.25, 0.3) is 0 Å². The van der Waals surface area contributed by atoms with Crippen molar-refractivity contribution in [3.63, 3.8) is 0 Å². The molecule has 2 aromatic heterocycles. The number of nitriles is 1. The number of nitrogens with one attached hydrogen (secondary N) is 1. The van der Waals surface area contributed by atoms with E-state index in [1.807, 2.05) is 37.4 Å². The van der Waals surface area contributed by atoms with E-state index in [0.29, 0.717) is 12.1 Å². The maximum atomic E-state index is 8.83. The Morgan fingerprint density at radius 3 is 2.60 bits per heavy atom. The SMILES string of the molecule is CN(Cc1ccccc1)c1ncccc1CNc1ccc(C#N)cn1. The number of hydrogen-bond donors (Lipinski definition) is 1. The van der Waals surface area contributed by atoms with Crippen molar-refractivity contribution in [2.75, 3.05) is 17.3 Å². The predicted molar refractivity (Wildman–Crippen MR) is 99.1 cm³/mol. The Kier molecular flexibility index (Phi) is 5.22. The highest BCUT2D eigenvalue weighted by Gasteiger charge is 2.09. The zero-order valence-corrected chi connectivity index (χ0v) is 14.1. The van der Waals surface area contributed by atoms with E-state index in [0.717, 1.165) is 23.7 Å². The molecule has 0 radical (unpaired) electrons. The summed E-state index contributed by atoms with van der Waals surface area (Å²) in [5, 5.41) is 12.1. The van der Waals surface area contributed by atoms with Crippen molar-refractivity contribution in [2.24, 2.45) is 0 Å². The highest BCUT2D eigenvalue weighted by Crippen LogP contribution is 2.19. The van der Waals surface area contributed by atoms with Crippen LogP contribution < -0.4 is 10.2 Å². The normalized spacial score (nSPS) is 10.1. The number of aromatic nitrogens is 2. The third-order valence-electron chi connectivity index (χ3n) is 3.84. The van der Waals surface area contributed by atoms with E-state index in [1.165, 1.54) is 5.56 Å². The van der Waals surface area contributed by atoms with Gasteiger partial charge in [-0.05, 0) is 23.8 Å². The summed E-state index contributed by atoms with van der Waals surface area (Å²) in [5.41, 5.74) is 2.88. The van der Waals surface area contributed by atoms with Gasteiger partial charge in [-0.2, -0.15) is 5.26 Å². The van der Waals surface area contributed by atoms with Gasteiger partial charge in [-0.3, -0.25) is 0 Å². The van der Waals surface area contributed by atoms with E-state index in [4.69, 9.17) is 5.26 Å². The Morgan fingerprint density at radius 2 is 1.88 bits per heavy atom. The van der Waals surface area contributed by atoms with Crippen molar-refractivity contribution in [3.05, 3.63) is 83.7 Å². The third-order valence-corrected chi connectivity index (χ3v) is 3.84. The molecule has 0 amide bonds. The van der Waals surface area contributed by atoms with Crippen molar-refractivity contribution >= 4 is 11.6 Å². The van der Waals surface area contributed by atoms with Crippen LogP contribution in [0.25, 0.3) is 0 Å². The molecule has 0 atom stereocenters. The lowest BCUT2D eigenvalue weighted by Crippen LogP contribution is -2.20. The molecule has 0 fully saturated rings. The predicted octanol–water partition coefficient (Wildman–Crippen LogP) is 3.60. The first-order valence-corrected chi connectivity index (χ1v) is 8.05. The highest BCUT2D eigenvalue weighted by atomic mass is 15.2. The second-order valence-corrected chi connectivity index (χ2v) is 5.73. The summed E-state index contributed by atoms with van der Waals surface area (Å²) in [6.07, 6.45) is 3.37. The minimum atomic E-state index is 0.551. The summed E-state index contributed by atoms with van der Waals surface area (Å²) >= 11 is 0. The maximum absolute atomic E-state index is 8.83. The number of benzene rings is 1. The Bertz CT molecular complexity index is 853. The van der Waals surface area contributed by atoms with Crippen LogP contribution in [-0.2, 0) is 13.1 Å². The summed E-state index contributed by atoms with van der Waals surface area (Å²) < 4.78 is 0. The van der Waals surface area contributed by atoms with Gasteiger partial charge in [0.15, 0.2) is 0 Å². The van der Waals surface area contributed by atoms with E-state index >= 15 is 0 Å². The summed E-state index contributed by atoms with van der Waals surface area (Å²) in [4.78, 5) is 10.9. The molecule has 0 aliphatic heterocycles. The van der Waals surface area contributed by atoms with Gasteiger partial charge in [0.1, 0.15) is 17.7 Å². The second-order valence-electron chi connectivity index (χ2n) is 5.73. The number of nitrogens with zero attached hydrogens (tertiary/aromatic N) is 4. The Labute approximate surface area is 147 Å². The lowest BCUT2D eigenvalue weighted by Gasteiger charge is -2.21. The topological polar surface area (TPSA) is 64.8 Å². The van der Waals surface area contributed by atoms with Crippen LogP contribution >= 0.6 is 0 Å². The van der Waals surface area contributed by atoms with E-state index in [-0.39, 0.29) is 0 Å². The van der Waals surface area contributed by atoms with Gasteiger partial charge in [0.2, 0.25) is 0 Å². The van der Waals surface area contributed by atoms with E-state index in [1.54, 1.807) is 18.5 Å². The lowest BCUT2D eigenvalue weighted by atomic mass is 10.2. The molecule has 0 spiro atoms. The standard InChI is InChI=1S/C20H19N5/c1-25(15-16-6-3-2-4-7-16)20-18(8-5-11-22-20)14-24-19-10-9-17(12-21)13-23-19/h2-11,13H,14-15H2,1H3,(H,23,24). The molecule has 0 aliphatic rings. The molecule has 2 heterocycles. The van der Waals surface area contributed by atoms with Crippen LogP contribution in [0.2, 0.25) is 0 Å². The molecule has 1 N–H and O–H groups in total. The number of hydrogen-bond acceptors (Lipinski definition) is 5. The minimum Gasteiger partial charge on any atom is -0.366 e. The molecule has 0 saturated carbocycles. The van der Waals surface area contributed by atoms with E-state index < -0.39 is 0 Å². The molecule has 1 aromatic carbocycles. The maximum Gasteiger partial charge on any atom is 0.133 e. The Morgan fingerprint density at radius 1 is 1.04 bits per heavy atom. The first-order chi connectivity index (χ1) is 12.3. The molecule has 0 saturated heterocycles. The molecule has 25 heavy (non-hydrogen) atoms. The molecule has 124 valence electrons. The van der Waals surface area contributed by atoms with Gasteiger partial charge in [0, 0.05) is 38.1 Å². The average molecular weight is 329 g/mol. The fourth-order valence-corrected chi connectivity index (χ4v) is 2.59. The van der Waals surface area contributed by atoms with Gasteiger partial charge < -0.3 is 10.2 Å². The van der Waals surface area contributed by atoms with Crippen LogP contribution in [-0.4, -0.2) is 17.0 Å². The average Bonchev–Trinajstić information content (AvgIpc) is 2.68. The first kappa shape index (κ1) is 16.5. The number of pyridine rings is 2. The van der Waals surface area contributed by atoms with Gasteiger partial charge in [-0.25, -0.2) is 9.97 Å². The van der Waals surface area contributed by atoms with Crippen molar-refractivity contribution in [2.45, 2.75) is 13.1 Å². The zero-order chi connectivity index (χ0) is 17.5. The van der Waals surface area contributed by atoms with Crippen LogP contribution in [0.1, 0.15) is 16.7 Å². The van der Waals surface area contributed by atoms with Crippen molar-refractivity contribution < 1.29 is 0 Å². The highest BCUT2D eigenvalue weighted by molar-refractivity contribution is 5.49. The third kappa shape index (κ3) is 4.33. The second kappa shape index (κ2) is 7.93. The Balaban J connectivity index is 1.70. The lowest BCUT2D eigenvalue weighted by molar-refractivity contribution is 0.881. The van der Waals surface area contributed by atoms with Crippen molar-refractivity contribution in [1.82, 2.24) is 9.97 Å². The van der Waals surface area contributed by atoms with Crippen LogP contribution in [0.15, 0.2) is 67.0 Å². The van der Waals surface area contributed by atoms with Gasteiger partial charge in [0.05, 0.1) is 5.56 Å². The largest absolute Gasteiger partial charge is 0.366 e. The molecular formula is C20H19N5. The summed E-state index contributed by atoms with van der Waals surface area (Å²) in [5.74, 6) is 1.67. The van der Waals surface area contributed by atoms with E-state index in [2.05, 4.69) is 44.5 Å². The molecule has 3 aromatic rings. The fraction of sp³-hybridized carbons (Fsp3) is 0.150. The Hall–Kier alpha value is -3.39. The van der Waals surface area contributed by atoms with Crippen LogP contribution in [0.5, 0.6) is 0 Å². The van der Waals surface area contributed by atoms with Crippen LogP contribution in [0, 0.1) is 11.3 Å². The quantitative estimate of drug-likeness (QED) is 0.748. The fourth-order valence-electron chi connectivity index (χ4n) is 2.59. The number of rotatable bonds is 6. The van der Waals surface area contributed by atoms with Crippen LogP contribution in [0.3, 0.4) is 0 Å². The molecule has 0 unspecified atom stereocenters. The molecule has 5 nitrogen and oxygen atoms in total. The summed E-state index contributed by atoms with van der Waals surface area (Å²) in [7, 11) is 2.04. The van der Waals surface area contributed by atoms with Gasteiger partial charge >= 0.3 is 0 Å². The molecule has 3 rings (SSSR count). The molecule has 0 bridgehead atoms. The summed E-state index contributed by atoms with van der Waals surface area (Å²) in [6.45, 7) is 1.40. The molecule has 5 heteroatoms.